The van der Waals surface area contributed by atoms with Gasteiger partial charge >= 0.3 is 12.1 Å². The predicted molar refractivity (Wildman–Crippen MR) is 86.4 cm³/mol. The Kier molecular flexibility index (Phi) is 10.2. The molecule has 0 aliphatic heterocycles. The highest BCUT2D eigenvalue weighted by Crippen LogP contribution is 2.05. The summed E-state index contributed by atoms with van der Waals surface area (Å²) in [6.07, 6.45) is 1.36. The molecule has 0 fully saturated rings. The van der Waals surface area contributed by atoms with Gasteiger partial charge in [0.1, 0.15) is 12.1 Å². The number of ether oxygens (including phenoxy) is 1. The van der Waals surface area contributed by atoms with Crippen molar-refractivity contribution in [2.24, 2.45) is 0 Å². The molecule has 0 aromatic carbocycles. The largest absolute Gasteiger partial charge is 0.481 e. The van der Waals surface area contributed by atoms with Crippen molar-refractivity contribution < 1.29 is 29.0 Å². The minimum Gasteiger partial charge on any atom is -0.481 e. The number of rotatable bonds is 10. The number of carboxylic acids is 1. The van der Waals surface area contributed by atoms with Gasteiger partial charge in [0.15, 0.2) is 0 Å². The quantitative estimate of drug-likeness (QED) is 0.423. The Balaban J connectivity index is 3.66. The molecule has 0 radical (unpaired) electrons. The zero-order valence-electron chi connectivity index (χ0n) is 14.4. The number of hydrogen-bond acceptors (Lipinski definition) is 5. The molecular formula is C15H27N3O6. The lowest BCUT2D eigenvalue weighted by molar-refractivity contribution is -0.137. The van der Waals surface area contributed by atoms with Crippen molar-refractivity contribution in [3.8, 4) is 0 Å². The molecule has 0 aliphatic rings. The molecule has 9 nitrogen and oxygen atoms in total. The van der Waals surface area contributed by atoms with Crippen LogP contribution in [0.4, 0.5) is 4.79 Å². The fourth-order valence-electron chi connectivity index (χ4n) is 1.58. The van der Waals surface area contributed by atoms with E-state index < -0.39 is 23.6 Å². The zero-order valence-corrected chi connectivity index (χ0v) is 14.4. The molecule has 0 aliphatic carbocycles. The van der Waals surface area contributed by atoms with Crippen LogP contribution in [0.3, 0.4) is 0 Å². The SMILES string of the molecule is CC(C)(C)OC(=O)NCC(=O)NCC(=O)NCCCCCC(=O)O. The summed E-state index contributed by atoms with van der Waals surface area (Å²) in [5.41, 5.74) is -0.648. The number of carboxylic acid groups (broad SMARTS) is 1. The van der Waals surface area contributed by atoms with Crippen LogP contribution in [-0.2, 0) is 19.1 Å². The lowest BCUT2D eigenvalue weighted by Crippen LogP contribution is -2.43. The number of aliphatic carboxylic acids is 1. The molecule has 138 valence electrons. The third-order valence-corrected chi connectivity index (χ3v) is 2.63. The molecule has 4 N–H and O–H groups in total. The Morgan fingerprint density at radius 1 is 0.875 bits per heavy atom. The third kappa shape index (κ3) is 14.6. The first-order chi connectivity index (χ1) is 11.1. The second-order valence-electron chi connectivity index (χ2n) is 6.19. The van der Waals surface area contributed by atoms with Crippen LogP contribution < -0.4 is 16.0 Å². The molecule has 0 aromatic heterocycles. The summed E-state index contributed by atoms with van der Waals surface area (Å²) in [5.74, 6) is -1.68. The van der Waals surface area contributed by atoms with Crippen LogP contribution in [-0.4, -0.2) is 54.2 Å². The predicted octanol–water partition coefficient (Wildman–Crippen LogP) is 0.389. The summed E-state index contributed by atoms with van der Waals surface area (Å²) in [6.45, 7) is 5.07. The van der Waals surface area contributed by atoms with E-state index in [1.165, 1.54) is 0 Å². The molecule has 24 heavy (non-hydrogen) atoms. The molecule has 0 saturated carbocycles. The molecule has 0 unspecified atom stereocenters. The lowest BCUT2D eigenvalue weighted by Gasteiger charge is -2.19. The minimum atomic E-state index is -0.832. The maximum atomic E-state index is 11.5. The fraction of sp³-hybridized carbons (Fsp3) is 0.733. The maximum Gasteiger partial charge on any atom is 0.408 e. The average molecular weight is 345 g/mol. The Morgan fingerprint density at radius 2 is 1.46 bits per heavy atom. The Bertz CT molecular complexity index is 445. The maximum absolute atomic E-state index is 11.5. The number of amides is 3. The molecular weight excluding hydrogens is 318 g/mol. The highest BCUT2D eigenvalue weighted by atomic mass is 16.6. The van der Waals surface area contributed by atoms with Crippen LogP contribution in [0.5, 0.6) is 0 Å². The van der Waals surface area contributed by atoms with Gasteiger partial charge in [-0.1, -0.05) is 6.42 Å². The van der Waals surface area contributed by atoms with E-state index in [4.69, 9.17) is 9.84 Å². The first kappa shape index (κ1) is 21.7. The highest BCUT2D eigenvalue weighted by Gasteiger charge is 2.16. The van der Waals surface area contributed by atoms with Gasteiger partial charge in [0, 0.05) is 13.0 Å². The van der Waals surface area contributed by atoms with E-state index in [2.05, 4.69) is 16.0 Å². The second kappa shape index (κ2) is 11.3. The van der Waals surface area contributed by atoms with Crippen LogP contribution in [0.1, 0.15) is 46.5 Å². The average Bonchev–Trinajstić information content (AvgIpc) is 2.44. The lowest BCUT2D eigenvalue weighted by atomic mass is 10.2. The van der Waals surface area contributed by atoms with Gasteiger partial charge in [0.05, 0.1) is 6.54 Å². The molecule has 0 saturated heterocycles. The first-order valence-corrected chi connectivity index (χ1v) is 7.82. The summed E-state index contributed by atoms with van der Waals surface area (Å²) >= 11 is 0. The van der Waals surface area contributed by atoms with Crippen molar-refractivity contribution in [3.05, 3.63) is 0 Å². The monoisotopic (exact) mass is 345 g/mol. The van der Waals surface area contributed by atoms with Gasteiger partial charge < -0.3 is 25.8 Å². The standard InChI is InChI=1S/C15H27N3O6/c1-15(2,3)24-14(23)18-10-12(20)17-9-11(19)16-8-6-4-5-7-13(21)22/h4-10H2,1-3H3,(H,16,19)(H,17,20)(H,18,23)(H,21,22). The molecule has 0 rings (SSSR count). The van der Waals surface area contributed by atoms with Crippen LogP contribution in [0, 0.1) is 0 Å². The van der Waals surface area contributed by atoms with Crippen molar-refractivity contribution in [2.45, 2.75) is 52.1 Å². The van der Waals surface area contributed by atoms with Gasteiger partial charge in [-0.2, -0.15) is 0 Å². The van der Waals surface area contributed by atoms with E-state index in [1.54, 1.807) is 20.8 Å². The number of alkyl carbamates (subject to hydrolysis) is 1. The second-order valence-corrected chi connectivity index (χ2v) is 6.19. The van der Waals surface area contributed by atoms with E-state index in [0.717, 1.165) is 0 Å². The van der Waals surface area contributed by atoms with E-state index in [9.17, 15) is 19.2 Å². The van der Waals surface area contributed by atoms with Gasteiger partial charge in [-0.15, -0.1) is 0 Å². The summed E-state index contributed by atoms with van der Waals surface area (Å²) in [5, 5.41) is 15.7. The zero-order chi connectivity index (χ0) is 18.6. The summed E-state index contributed by atoms with van der Waals surface area (Å²) < 4.78 is 4.97. The molecule has 0 bridgehead atoms. The number of nitrogens with one attached hydrogen (secondary N) is 3. The molecule has 0 spiro atoms. The number of hydrogen-bond donors (Lipinski definition) is 4. The molecule has 0 atom stereocenters. The van der Waals surface area contributed by atoms with Crippen LogP contribution >= 0.6 is 0 Å². The highest BCUT2D eigenvalue weighted by molar-refractivity contribution is 5.87. The van der Waals surface area contributed by atoms with Gasteiger partial charge in [0.2, 0.25) is 11.8 Å². The van der Waals surface area contributed by atoms with Crippen molar-refractivity contribution in [2.75, 3.05) is 19.6 Å². The van der Waals surface area contributed by atoms with Gasteiger partial charge in [-0.05, 0) is 33.6 Å². The van der Waals surface area contributed by atoms with E-state index in [0.29, 0.717) is 25.8 Å². The van der Waals surface area contributed by atoms with Crippen LogP contribution in [0.2, 0.25) is 0 Å². The Hall–Kier alpha value is -2.32. The summed E-state index contributed by atoms with van der Waals surface area (Å²) in [7, 11) is 0. The Morgan fingerprint density at radius 3 is 2.04 bits per heavy atom. The van der Waals surface area contributed by atoms with E-state index in [-0.39, 0.29) is 25.4 Å². The van der Waals surface area contributed by atoms with Crippen molar-refractivity contribution in [1.29, 1.82) is 0 Å². The van der Waals surface area contributed by atoms with Crippen LogP contribution in [0.25, 0.3) is 0 Å². The first-order valence-electron chi connectivity index (χ1n) is 7.82. The molecule has 9 heteroatoms. The summed E-state index contributed by atoms with van der Waals surface area (Å²) in [6, 6.07) is 0. The van der Waals surface area contributed by atoms with Crippen LogP contribution in [0.15, 0.2) is 0 Å². The van der Waals surface area contributed by atoms with Crippen molar-refractivity contribution in [3.63, 3.8) is 0 Å². The minimum absolute atomic E-state index is 0.120. The number of carbonyl (C=O) groups excluding carboxylic acids is 3. The van der Waals surface area contributed by atoms with Gasteiger partial charge in [-0.25, -0.2) is 4.79 Å². The number of unbranched alkanes of at least 4 members (excludes halogenated alkanes) is 2. The molecule has 3 amide bonds. The number of carbonyl (C=O) groups is 4. The van der Waals surface area contributed by atoms with E-state index >= 15 is 0 Å². The normalized spacial score (nSPS) is 10.6. The van der Waals surface area contributed by atoms with Crippen molar-refractivity contribution in [1.82, 2.24) is 16.0 Å². The van der Waals surface area contributed by atoms with Gasteiger partial charge in [-0.3, -0.25) is 14.4 Å². The Labute approximate surface area is 141 Å². The topological polar surface area (TPSA) is 134 Å². The fourth-order valence-corrected chi connectivity index (χ4v) is 1.58. The van der Waals surface area contributed by atoms with Gasteiger partial charge in [0.25, 0.3) is 0 Å². The third-order valence-electron chi connectivity index (χ3n) is 2.63. The summed E-state index contributed by atoms with van der Waals surface area (Å²) in [4.78, 5) is 44.6. The smallest absolute Gasteiger partial charge is 0.408 e. The van der Waals surface area contributed by atoms with E-state index in [1.807, 2.05) is 0 Å². The molecule has 0 heterocycles. The van der Waals surface area contributed by atoms with Crippen molar-refractivity contribution >= 4 is 23.9 Å². The molecule has 0 aromatic rings.